The number of methoxy groups -OCH3 is 1. The molecule has 0 aromatic heterocycles. The number of nitrogens with one attached hydrogen (secondary N) is 1. The first-order chi connectivity index (χ1) is 13.3. The zero-order valence-corrected chi connectivity index (χ0v) is 17.0. The van der Waals surface area contributed by atoms with Crippen molar-refractivity contribution in [3.8, 4) is 5.75 Å². The predicted molar refractivity (Wildman–Crippen MR) is 107 cm³/mol. The lowest BCUT2D eigenvalue weighted by atomic mass is 10.0. The number of hydrogen-bond donors (Lipinski definition) is 1. The second-order valence-electron chi connectivity index (χ2n) is 6.12. The van der Waals surface area contributed by atoms with Crippen molar-refractivity contribution in [2.45, 2.75) is 24.8 Å². The molecule has 1 atom stereocenters. The van der Waals surface area contributed by atoms with Crippen LogP contribution >= 0.6 is 0 Å². The van der Waals surface area contributed by atoms with Crippen LogP contribution in [0.1, 0.15) is 25.5 Å². The van der Waals surface area contributed by atoms with Crippen molar-refractivity contribution in [2.24, 2.45) is 0 Å². The third-order valence-electron chi connectivity index (χ3n) is 4.54. The Balaban J connectivity index is 2.29. The lowest BCUT2D eigenvalue weighted by Crippen LogP contribution is -2.38. The third-order valence-corrected chi connectivity index (χ3v) is 5.96. The molecule has 9 heteroatoms. The molecule has 0 aliphatic heterocycles. The maximum atomic E-state index is 12.7. The Morgan fingerprint density at radius 3 is 2.43 bits per heavy atom. The lowest BCUT2D eigenvalue weighted by Gasteiger charge is -2.30. The Labute approximate surface area is 165 Å². The fourth-order valence-corrected chi connectivity index (χ4v) is 4.08. The van der Waals surface area contributed by atoms with Gasteiger partial charge in [0.2, 0.25) is 10.0 Å². The molecule has 1 unspecified atom stereocenters. The molecule has 0 saturated carbocycles. The standard InChI is InChI=1S/C19H25N3O5S/c1-4-21(5-2)19(15-8-6-10-17(12-15)27-3)14-20-28(25,26)18-11-7-9-16(13-18)22(23)24/h6-13,19-20H,4-5,14H2,1-3H3. The van der Waals surface area contributed by atoms with Gasteiger partial charge in [0, 0.05) is 24.7 Å². The smallest absolute Gasteiger partial charge is 0.270 e. The van der Waals surface area contributed by atoms with Crippen LogP contribution < -0.4 is 9.46 Å². The van der Waals surface area contributed by atoms with E-state index in [4.69, 9.17) is 4.74 Å². The number of rotatable bonds is 10. The van der Waals surface area contributed by atoms with Gasteiger partial charge in [0.15, 0.2) is 0 Å². The van der Waals surface area contributed by atoms with Gasteiger partial charge in [0.25, 0.3) is 5.69 Å². The van der Waals surface area contributed by atoms with E-state index in [-0.39, 0.29) is 23.2 Å². The number of ether oxygens (including phenoxy) is 1. The summed E-state index contributed by atoms with van der Waals surface area (Å²) in [5.41, 5.74) is 0.653. The molecule has 28 heavy (non-hydrogen) atoms. The molecule has 1 N–H and O–H groups in total. The van der Waals surface area contributed by atoms with E-state index in [0.29, 0.717) is 5.75 Å². The van der Waals surface area contributed by atoms with Gasteiger partial charge in [-0.05, 0) is 36.9 Å². The van der Waals surface area contributed by atoms with E-state index in [9.17, 15) is 18.5 Å². The van der Waals surface area contributed by atoms with Gasteiger partial charge in [-0.15, -0.1) is 0 Å². The summed E-state index contributed by atoms with van der Waals surface area (Å²) in [5.74, 6) is 0.691. The number of hydrogen-bond acceptors (Lipinski definition) is 6. The van der Waals surface area contributed by atoms with Crippen molar-refractivity contribution in [3.05, 3.63) is 64.2 Å². The molecule has 8 nitrogen and oxygen atoms in total. The highest BCUT2D eigenvalue weighted by Crippen LogP contribution is 2.25. The molecule has 0 bridgehead atoms. The molecule has 0 amide bonds. The number of benzene rings is 2. The van der Waals surface area contributed by atoms with Crippen LogP contribution in [-0.4, -0.2) is 45.0 Å². The SMILES string of the molecule is CCN(CC)C(CNS(=O)(=O)c1cccc([N+](=O)[O-])c1)c1cccc(OC)c1. The van der Waals surface area contributed by atoms with Gasteiger partial charge >= 0.3 is 0 Å². The highest BCUT2D eigenvalue weighted by Gasteiger charge is 2.23. The molecule has 0 heterocycles. The summed E-state index contributed by atoms with van der Waals surface area (Å²) in [5, 5.41) is 10.9. The maximum absolute atomic E-state index is 12.7. The first-order valence-corrected chi connectivity index (χ1v) is 10.4. The summed E-state index contributed by atoms with van der Waals surface area (Å²) in [6, 6.07) is 12.3. The van der Waals surface area contributed by atoms with Crippen LogP contribution in [0, 0.1) is 10.1 Å². The van der Waals surface area contributed by atoms with Crippen LogP contribution in [0.4, 0.5) is 5.69 Å². The average molecular weight is 407 g/mol. The predicted octanol–water partition coefficient (Wildman–Crippen LogP) is 2.96. The molecular weight excluding hydrogens is 382 g/mol. The van der Waals surface area contributed by atoms with Gasteiger partial charge in [0.05, 0.1) is 16.9 Å². The summed E-state index contributed by atoms with van der Waals surface area (Å²) in [4.78, 5) is 12.3. The van der Waals surface area contributed by atoms with E-state index < -0.39 is 14.9 Å². The molecule has 2 aromatic carbocycles. The number of nitrogens with zero attached hydrogens (tertiary/aromatic N) is 2. The number of sulfonamides is 1. The van der Waals surface area contributed by atoms with Crippen molar-refractivity contribution in [3.63, 3.8) is 0 Å². The first kappa shape index (κ1) is 21.8. The number of likely N-dealkylation sites (N-methyl/N-ethyl adjacent to an activating group) is 1. The van der Waals surface area contributed by atoms with Crippen molar-refractivity contribution in [1.29, 1.82) is 0 Å². The quantitative estimate of drug-likeness (QED) is 0.480. The van der Waals surface area contributed by atoms with Crippen LogP contribution in [0.25, 0.3) is 0 Å². The fraction of sp³-hybridized carbons (Fsp3) is 0.368. The highest BCUT2D eigenvalue weighted by atomic mass is 32.2. The zero-order valence-electron chi connectivity index (χ0n) is 16.2. The largest absolute Gasteiger partial charge is 0.497 e. The summed E-state index contributed by atoms with van der Waals surface area (Å²) >= 11 is 0. The number of nitro benzene ring substituents is 1. The lowest BCUT2D eigenvalue weighted by molar-refractivity contribution is -0.385. The number of non-ortho nitro benzene ring substituents is 1. The van der Waals surface area contributed by atoms with E-state index in [2.05, 4.69) is 9.62 Å². The van der Waals surface area contributed by atoms with Gasteiger partial charge in [-0.2, -0.15) is 0 Å². The maximum Gasteiger partial charge on any atom is 0.270 e. The Bertz CT molecular complexity index is 913. The molecule has 0 spiro atoms. The average Bonchev–Trinajstić information content (AvgIpc) is 2.71. The highest BCUT2D eigenvalue weighted by molar-refractivity contribution is 7.89. The first-order valence-electron chi connectivity index (χ1n) is 8.94. The normalized spacial score (nSPS) is 12.7. The van der Waals surface area contributed by atoms with E-state index in [0.717, 1.165) is 24.7 Å². The second-order valence-corrected chi connectivity index (χ2v) is 7.89. The summed E-state index contributed by atoms with van der Waals surface area (Å²) in [6.07, 6.45) is 0. The van der Waals surface area contributed by atoms with Crippen LogP contribution in [-0.2, 0) is 10.0 Å². The topological polar surface area (TPSA) is 102 Å². The van der Waals surface area contributed by atoms with E-state index in [1.807, 2.05) is 38.1 Å². The Hall–Kier alpha value is -2.49. The van der Waals surface area contributed by atoms with Crippen LogP contribution in [0.3, 0.4) is 0 Å². The fourth-order valence-electron chi connectivity index (χ4n) is 3.01. The Kier molecular flexibility index (Phi) is 7.50. The summed E-state index contributed by atoms with van der Waals surface area (Å²) in [7, 11) is -2.32. The second kappa shape index (κ2) is 9.63. The molecule has 2 rings (SSSR count). The van der Waals surface area contributed by atoms with Gasteiger partial charge < -0.3 is 4.74 Å². The Morgan fingerprint density at radius 2 is 1.82 bits per heavy atom. The Morgan fingerprint density at radius 1 is 1.14 bits per heavy atom. The van der Waals surface area contributed by atoms with Crippen LogP contribution in [0.15, 0.2) is 53.4 Å². The van der Waals surface area contributed by atoms with Crippen LogP contribution in [0.5, 0.6) is 5.75 Å². The van der Waals surface area contributed by atoms with E-state index >= 15 is 0 Å². The van der Waals surface area contributed by atoms with Gasteiger partial charge in [-0.3, -0.25) is 15.0 Å². The molecule has 0 saturated heterocycles. The monoisotopic (exact) mass is 407 g/mol. The zero-order chi connectivity index (χ0) is 20.7. The van der Waals surface area contributed by atoms with Crippen LogP contribution in [0.2, 0.25) is 0 Å². The minimum atomic E-state index is -3.90. The van der Waals surface area contributed by atoms with Gasteiger partial charge in [-0.1, -0.05) is 32.0 Å². The molecule has 2 aromatic rings. The molecule has 0 fully saturated rings. The summed E-state index contributed by atoms with van der Waals surface area (Å²) < 4.78 is 33.3. The van der Waals surface area contributed by atoms with E-state index in [1.165, 1.54) is 18.2 Å². The van der Waals surface area contributed by atoms with Gasteiger partial charge in [0.1, 0.15) is 5.75 Å². The molecule has 152 valence electrons. The minimum Gasteiger partial charge on any atom is -0.497 e. The molecule has 0 radical (unpaired) electrons. The van der Waals surface area contributed by atoms with E-state index in [1.54, 1.807) is 7.11 Å². The van der Waals surface area contributed by atoms with Gasteiger partial charge in [-0.25, -0.2) is 13.1 Å². The van der Waals surface area contributed by atoms with Crippen molar-refractivity contribution in [2.75, 3.05) is 26.7 Å². The molecule has 0 aliphatic rings. The van der Waals surface area contributed by atoms with Crippen molar-refractivity contribution < 1.29 is 18.1 Å². The minimum absolute atomic E-state index is 0.125. The molecular formula is C19H25N3O5S. The third kappa shape index (κ3) is 5.28. The van der Waals surface area contributed by atoms with Crippen molar-refractivity contribution >= 4 is 15.7 Å². The molecule has 0 aliphatic carbocycles. The summed E-state index contributed by atoms with van der Waals surface area (Å²) in [6.45, 7) is 5.60. The van der Waals surface area contributed by atoms with Crippen molar-refractivity contribution in [1.82, 2.24) is 9.62 Å². The number of nitro groups is 1.